The molecule has 4 rings (SSSR count). The zero-order valence-corrected chi connectivity index (χ0v) is 20.4. The summed E-state index contributed by atoms with van der Waals surface area (Å²) < 4.78 is 76.5. The van der Waals surface area contributed by atoms with Crippen molar-refractivity contribution in [3.63, 3.8) is 0 Å². The van der Waals surface area contributed by atoms with Gasteiger partial charge in [0.05, 0.1) is 11.3 Å². The van der Waals surface area contributed by atoms with Gasteiger partial charge in [-0.25, -0.2) is 22.2 Å². The molecule has 1 N–H and O–H groups in total. The molecular weight excluding hydrogens is 493 g/mol. The van der Waals surface area contributed by atoms with Crippen molar-refractivity contribution in [2.75, 3.05) is 49.5 Å². The van der Waals surface area contributed by atoms with Crippen molar-refractivity contribution in [1.29, 1.82) is 0 Å². The summed E-state index contributed by atoms with van der Waals surface area (Å²) in [5.41, 5.74) is -0.483. The fraction of sp³-hybridized carbons (Fsp3) is 0.500. The number of likely N-dealkylation sites (tertiary alicyclic amines) is 1. The Morgan fingerprint density at radius 1 is 1.29 bits per heavy atom. The zero-order valence-electron chi connectivity index (χ0n) is 18.8. The van der Waals surface area contributed by atoms with Crippen molar-refractivity contribution in [2.45, 2.75) is 30.3 Å². The van der Waals surface area contributed by atoms with Gasteiger partial charge in [-0.2, -0.15) is 4.39 Å². The Morgan fingerprint density at radius 3 is 2.71 bits per heavy atom. The van der Waals surface area contributed by atoms with Gasteiger partial charge in [0.1, 0.15) is 16.7 Å². The minimum Gasteiger partial charge on any atom is -0.375 e. The average molecular weight is 519 g/mol. The van der Waals surface area contributed by atoms with Gasteiger partial charge in [-0.3, -0.25) is 4.72 Å². The van der Waals surface area contributed by atoms with Gasteiger partial charge in [0.2, 0.25) is 5.95 Å². The smallest absolute Gasteiger partial charge is 0.268 e. The van der Waals surface area contributed by atoms with Crippen LogP contribution in [-0.4, -0.2) is 63.7 Å². The molecule has 3 heterocycles. The Morgan fingerprint density at radius 2 is 2.06 bits per heavy atom. The van der Waals surface area contributed by atoms with Gasteiger partial charge < -0.3 is 14.5 Å². The first-order valence-corrected chi connectivity index (χ1v) is 12.7. The molecule has 34 heavy (non-hydrogen) atoms. The van der Waals surface area contributed by atoms with Gasteiger partial charge in [-0.15, -0.1) is 0 Å². The summed E-state index contributed by atoms with van der Waals surface area (Å²) in [6, 6.07) is 4.27. The maximum absolute atomic E-state index is 15.1. The highest BCUT2D eigenvalue weighted by atomic mass is 35.5. The van der Waals surface area contributed by atoms with Crippen LogP contribution in [0, 0.1) is 23.5 Å². The van der Waals surface area contributed by atoms with Gasteiger partial charge in [-0.05, 0) is 37.4 Å². The number of anilines is 2. The molecular formula is C22H26ClF3N4O3S. The number of pyridine rings is 1. The van der Waals surface area contributed by atoms with Crippen LogP contribution in [0.5, 0.6) is 0 Å². The van der Waals surface area contributed by atoms with Crippen LogP contribution in [-0.2, 0) is 14.8 Å². The maximum atomic E-state index is 15.1. The van der Waals surface area contributed by atoms with Gasteiger partial charge in [0.15, 0.2) is 10.7 Å². The SMILES string of the molecule is CO[C@@]1(CN2CC[C@@H](C)C2)CCN(c2cc(F)c(S(=O)(=O)Nc3cccc(F)n3)c(F)c2Cl)C1. The standard InChI is InChI=1S/C22H26ClF3N4O3S/c1-14-6-8-29(11-14)12-22(33-2)7-9-30(13-22)16-10-15(24)21(20(26)19(16)23)34(31,32)28-18-5-3-4-17(25)27-18/h3-5,10,14H,6-9,11-13H2,1-2H3,(H,27,28)/t14-,22-/m1/s1. The molecule has 2 atom stereocenters. The molecule has 2 aromatic rings. The molecule has 1 aromatic heterocycles. The lowest BCUT2D eigenvalue weighted by molar-refractivity contribution is -0.0156. The second kappa shape index (κ2) is 9.52. The van der Waals surface area contributed by atoms with Crippen LogP contribution in [0.15, 0.2) is 29.2 Å². The van der Waals surface area contributed by atoms with E-state index in [4.69, 9.17) is 16.3 Å². The predicted molar refractivity (Wildman–Crippen MR) is 123 cm³/mol. The van der Waals surface area contributed by atoms with Crippen LogP contribution in [0.25, 0.3) is 0 Å². The van der Waals surface area contributed by atoms with E-state index in [2.05, 4.69) is 16.8 Å². The number of hydrogen-bond acceptors (Lipinski definition) is 6. The van der Waals surface area contributed by atoms with Crippen molar-refractivity contribution in [3.8, 4) is 0 Å². The van der Waals surface area contributed by atoms with E-state index in [1.54, 1.807) is 12.0 Å². The topological polar surface area (TPSA) is 74.8 Å². The molecule has 2 fully saturated rings. The van der Waals surface area contributed by atoms with Crippen LogP contribution in [0.3, 0.4) is 0 Å². The summed E-state index contributed by atoms with van der Waals surface area (Å²) >= 11 is 6.21. The van der Waals surface area contributed by atoms with Crippen LogP contribution in [0.2, 0.25) is 5.02 Å². The number of sulfonamides is 1. The summed E-state index contributed by atoms with van der Waals surface area (Å²) in [4.78, 5) is 6.13. The first kappa shape index (κ1) is 25.0. The third-order valence-electron chi connectivity index (χ3n) is 6.43. The van der Waals surface area contributed by atoms with E-state index in [-0.39, 0.29) is 5.69 Å². The lowest BCUT2D eigenvalue weighted by atomic mass is 10.0. The largest absolute Gasteiger partial charge is 0.375 e. The van der Waals surface area contributed by atoms with Crippen molar-refractivity contribution >= 4 is 33.1 Å². The van der Waals surface area contributed by atoms with Gasteiger partial charge >= 0.3 is 0 Å². The highest BCUT2D eigenvalue weighted by Gasteiger charge is 2.42. The predicted octanol–water partition coefficient (Wildman–Crippen LogP) is 3.89. The van der Waals surface area contributed by atoms with Crippen molar-refractivity contribution in [2.24, 2.45) is 5.92 Å². The molecule has 2 aliphatic heterocycles. The van der Waals surface area contributed by atoms with Crippen LogP contribution in [0.1, 0.15) is 19.8 Å². The molecule has 1 aromatic carbocycles. The van der Waals surface area contributed by atoms with Crippen LogP contribution in [0.4, 0.5) is 24.7 Å². The number of benzene rings is 1. The minimum absolute atomic E-state index is 0.0493. The molecule has 0 radical (unpaired) electrons. The lowest BCUT2D eigenvalue weighted by Crippen LogP contribution is -2.46. The zero-order chi connectivity index (χ0) is 24.7. The Kier molecular flexibility index (Phi) is 7.01. The molecule has 0 spiro atoms. The second-order valence-electron chi connectivity index (χ2n) is 8.97. The van der Waals surface area contributed by atoms with Gasteiger partial charge in [-0.1, -0.05) is 24.6 Å². The molecule has 0 unspecified atom stereocenters. The summed E-state index contributed by atoms with van der Waals surface area (Å²) in [7, 11) is -3.15. The highest BCUT2D eigenvalue weighted by molar-refractivity contribution is 7.92. The van der Waals surface area contributed by atoms with Gasteiger partial charge in [0.25, 0.3) is 10.0 Å². The third kappa shape index (κ3) is 4.98. The van der Waals surface area contributed by atoms with E-state index < -0.39 is 48.9 Å². The van der Waals surface area contributed by atoms with E-state index in [0.717, 1.165) is 37.7 Å². The number of ether oxygens (including phenoxy) is 1. The summed E-state index contributed by atoms with van der Waals surface area (Å²) in [5, 5.41) is -0.518. The molecule has 0 bridgehead atoms. The fourth-order valence-electron chi connectivity index (χ4n) is 4.68. The molecule has 0 saturated carbocycles. The van der Waals surface area contributed by atoms with Crippen molar-refractivity contribution < 1.29 is 26.3 Å². The van der Waals surface area contributed by atoms with E-state index in [0.29, 0.717) is 32.0 Å². The maximum Gasteiger partial charge on any atom is 0.268 e. The van der Waals surface area contributed by atoms with Crippen molar-refractivity contribution in [1.82, 2.24) is 9.88 Å². The number of methoxy groups -OCH3 is 1. The van der Waals surface area contributed by atoms with E-state index in [1.807, 2.05) is 4.72 Å². The first-order chi connectivity index (χ1) is 16.0. The highest BCUT2D eigenvalue weighted by Crippen LogP contribution is 2.39. The number of rotatable bonds is 7. The summed E-state index contributed by atoms with van der Waals surface area (Å²) in [6.45, 7) is 5.60. The molecule has 0 amide bonds. The average Bonchev–Trinajstić information content (AvgIpc) is 3.37. The van der Waals surface area contributed by atoms with Crippen LogP contribution < -0.4 is 9.62 Å². The number of halogens is 4. The van der Waals surface area contributed by atoms with E-state index >= 15 is 4.39 Å². The molecule has 186 valence electrons. The van der Waals surface area contributed by atoms with E-state index in [1.165, 1.54) is 6.07 Å². The Labute approximate surface area is 201 Å². The Bertz CT molecular complexity index is 1190. The van der Waals surface area contributed by atoms with Crippen molar-refractivity contribution in [3.05, 3.63) is 46.9 Å². The molecule has 7 nitrogen and oxygen atoms in total. The number of nitrogens with one attached hydrogen (secondary N) is 1. The summed E-state index contributed by atoms with van der Waals surface area (Å²) in [5.74, 6) is -3.50. The molecule has 0 aliphatic carbocycles. The van der Waals surface area contributed by atoms with Crippen LogP contribution >= 0.6 is 11.6 Å². The monoisotopic (exact) mass is 518 g/mol. The third-order valence-corrected chi connectivity index (χ3v) is 8.18. The molecule has 2 saturated heterocycles. The number of aromatic nitrogens is 1. The second-order valence-corrected chi connectivity index (χ2v) is 11.0. The minimum atomic E-state index is -4.77. The molecule has 12 heteroatoms. The molecule has 2 aliphatic rings. The summed E-state index contributed by atoms with van der Waals surface area (Å²) in [6.07, 6.45) is 1.74. The number of nitrogens with zero attached hydrogens (tertiary/aromatic N) is 3. The Balaban J connectivity index is 1.59. The Hall–Kier alpha value is -2.08. The van der Waals surface area contributed by atoms with E-state index in [9.17, 15) is 17.2 Å². The number of hydrogen-bond donors (Lipinski definition) is 1. The quantitative estimate of drug-likeness (QED) is 0.443. The fourth-order valence-corrected chi connectivity index (χ4v) is 6.15. The first-order valence-electron chi connectivity index (χ1n) is 10.9. The normalized spacial score (nSPS) is 23.6. The lowest BCUT2D eigenvalue weighted by Gasteiger charge is -2.33. The van der Waals surface area contributed by atoms with Gasteiger partial charge in [0, 0.05) is 39.4 Å².